The number of carbonyl (C=O) groups is 3. The van der Waals surface area contributed by atoms with Crippen molar-refractivity contribution in [1.82, 2.24) is 10.0 Å². The molecule has 1 aromatic carbocycles. The highest BCUT2D eigenvalue weighted by molar-refractivity contribution is 5.84. The van der Waals surface area contributed by atoms with Crippen molar-refractivity contribution in [2.45, 2.75) is 45.4 Å². The molecule has 152 valence electrons. The Hall–Kier alpha value is -2.77. The lowest BCUT2D eigenvalue weighted by Crippen LogP contribution is -2.45. The van der Waals surface area contributed by atoms with Crippen LogP contribution in [0.4, 0.5) is 0 Å². The highest BCUT2D eigenvalue weighted by atomic mass is 16.7. The standard InChI is InChI=1S/C20H26N2O6/c1-2-26-20(25)7-4-3-6-18(23)21-10-5-11-22(21)19(24)13-15-8-9-16-17(12-15)28-14-27-16/h8-9,12H,2-7,10-11,13-14H2,1H3. The van der Waals surface area contributed by atoms with E-state index in [2.05, 4.69) is 0 Å². The number of fused-ring (bicyclic) bond motifs is 1. The van der Waals surface area contributed by atoms with Crippen molar-refractivity contribution in [2.24, 2.45) is 0 Å². The van der Waals surface area contributed by atoms with Crippen LogP contribution >= 0.6 is 0 Å². The van der Waals surface area contributed by atoms with Crippen LogP contribution in [-0.4, -0.2) is 54.3 Å². The third-order valence-corrected chi connectivity index (χ3v) is 4.73. The van der Waals surface area contributed by atoms with Crippen LogP contribution in [0.3, 0.4) is 0 Å². The molecule has 0 bridgehead atoms. The minimum absolute atomic E-state index is 0.0830. The molecule has 8 heteroatoms. The first kappa shape index (κ1) is 20.0. The summed E-state index contributed by atoms with van der Waals surface area (Å²) in [5, 5.41) is 3.08. The second kappa shape index (κ2) is 9.43. The van der Waals surface area contributed by atoms with Crippen molar-refractivity contribution in [3.8, 4) is 11.5 Å². The van der Waals surface area contributed by atoms with E-state index in [0.717, 1.165) is 12.0 Å². The second-order valence-corrected chi connectivity index (χ2v) is 6.76. The monoisotopic (exact) mass is 390 g/mol. The average molecular weight is 390 g/mol. The minimum Gasteiger partial charge on any atom is -0.466 e. The number of amides is 2. The molecule has 0 radical (unpaired) electrons. The van der Waals surface area contributed by atoms with E-state index < -0.39 is 0 Å². The Morgan fingerprint density at radius 2 is 1.71 bits per heavy atom. The molecule has 0 N–H and O–H groups in total. The lowest BCUT2D eigenvalue weighted by atomic mass is 10.1. The normalized spacial score (nSPS) is 15.0. The van der Waals surface area contributed by atoms with Gasteiger partial charge in [0, 0.05) is 25.9 Å². The Labute approximate surface area is 164 Å². The predicted molar refractivity (Wildman–Crippen MR) is 99.4 cm³/mol. The number of hydrogen-bond donors (Lipinski definition) is 0. The number of hydrogen-bond acceptors (Lipinski definition) is 6. The van der Waals surface area contributed by atoms with E-state index in [1.54, 1.807) is 24.1 Å². The van der Waals surface area contributed by atoms with Crippen LogP contribution in [0.2, 0.25) is 0 Å². The third kappa shape index (κ3) is 4.94. The highest BCUT2D eigenvalue weighted by Gasteiger charge is 2.30. The Morgan fingerprint density at radius 1 is 1.00 bits per heavy atom. The maximum Gasteiger partial charge on any atom is 0.305 e. The van der Waals surface area contributed by atoms with Crippen molar-refractivity contribution >= 4 is 17.8 Å². The summed E-state index contributed by atoms with van der Waals surface area (Å²) in [6, 6.07) is 5.43. The van der Waals surface area contributed by atoms with Gasteiger partial charge in [0.1, 0.15) is 0 Å². The maximum absolute atomic E-state index is 12.7. The molecular formula is C20H26N2O6. The zero-order chi connectivity index (χ0) is 19.9. The van der Waals surface area contributed by atoms with E-state index >= 15 is 0 Å². The van der Waals surface area contributed by atoms with E-state index in [0.29, 0.717) is 56.9 Å². The molecule has 8 nitrogen and oxygen atoms in total. The molecule has 2 amide bonds. The SMILES string of the molecule is CCOC(=O)CCCCC(=O)N1CCCN1C(=O)Cc1ccc2c(c1)OCO2. The lowest BCUT2D eigenvalue weighted by Gasteiger charge is -2.28. The van der Waals surface area contributed by atoms with Gasteiger partial charge < -0.3 is 14.2 Å². The van der Waals surface area contributed by atoms with Crippen LogP contribution in [0.5, 0.6) is 11.5 Å². The number of nitrogens with zero attached hydrogens (tertiary/aromatic N) is 2. The van der Waals surface area contributed by atoms with Gasteiger partial charge in [0.05, 0.1) is 13.0 Å². The van der Waals surface area contributed by atoms with E-state index in [1.165, 1.54) is 5.01 Å². The summed E-state index contributed by atoms with van der Waals surface area (Å²) in [5.74, 6) is 0.881. The number of ether oxygens (including phenoxy) is 3. The van der Waals surface area contributed by atoms with Crippen LogP contribution in [0.15, 0.2) is 18.2 Å². The molecule has 0 saturated carbocycles. The molecule has 2 aliphatic heterocycles. The van der Waals surface area contributed by atoms with Gasteiger partial charge in [-0.1, -0.05) is 6.07 Å². The zero-order valence-corrected chi connectivity index (χ0v) is 16.1. The van der Waals surface area contributed by atoms with Crippen molar-refractivity contribution in [3.05, 3.63) is 23.8 Å². The lowest BCUT2D eigenvalue weighted by molar-refractivity contribution is -0.157. The van der Waals surface area contributed by atoms with Crippen molar-refractivity contribution in [1.29, 1.82) is 0 Å². The summed E-state index contributed by atoms with van der Waals surface area (Å²) in [6.07, 6.45) is 2.79. The Kier molecular flexibility index (Phi) is 6.73. The third-order valence-electron chi connectivity index (χ3n) is 4.73. The molecule has 0 unspecified atom stereocenters. The minimum atomic E-state index is -0.239. The van der Waals surface area contributed by atoms with Crippen LogP contribution in [0.25, 0.3) is 0 Å². The van der Waals surface area contributed by atoms with Gasteiger partial charge in [-0.25, -0.2) is 0 Å². The van der Waals surface area contributed by atoms with E-state index in [1.807, 2.05) is 6.07 Å². The maximum atomic E-state index is 12.7. The topological polar surface area (TPSA) is 85.4 Å². The van der Waals surface area contributed by atoms with E-state index in [-0.39, 0.29) is 31.0 Å². The van der Waals surface area contributed by atoms with Gasteiger partial charge in [-0.15, -0.1) is 0 Å². The Morgan fingerprint density at radius 3 is 2.50 bits per heavy atom. The quantitative estimate of drug-likeness (QED) is 0.499. The molecule has 28 heavy (non-hydrogen) atoms. The summed E-state index contributed by atoms with van der Waals surface area (Å²) in [5.41, 5.74) is 0.822. The zero-order valence-electron chi connectivity index (χ0n) is 16.1. The molecule has 1 fully saturated rings. The van der Waals surface area contributed by atoms with Gasteiger partial charge in [-0.05, 0) is 43.9 Å². The Balaban J connectivity index is 1.48. The predicted octanol–water partition coefficient (Wildman–Crippen LogP) is 2.06. The second-order valence-electron chi connectivity index (χ2n) is 6.76. The van der Waals surface area contributed by atoms with Crippen molar-refractivity contribution in [2.75, 3.05) is 26.5 Å². The highest BCUT2D eigenvalue weighted by Crippen LogP contribution is 2.32. The number of unbranched alkanes of at least 4 members (excludes halogenated alkanes) is 1. The fraction of sp³-hybridized carbons (Fsp3) is 0.550. The fourth-order valence-corrected chi connectivity index (χ4v) is 3.35. The van der Waals surface area contributed by atoms with Crippen LogP contribution in [0.1, 0.15) is 44.6 Å². The van der Waals surface area contributed by atoms with Crippen molar-refractivity contribution in [3.63, 3.8) is 0 Å². The summed E-state index contributed by atoms with van der Waals surface area (Å²) >= 11 is 0. The number of hydrazine groups is 1. The van der Waals surface area contributed by atoms with Gasteiger partial charge in [-0.2, -0.15) is 0 Å². The Bertz CT molecular complexity index is 735. The molecule has 1 aromatic rings. The van der Waals surface area contributed by atoms with Gasteiger partial charge in [0.15, 0.2) is 11.5 Å². The molecule has 0 atom stereocenters. The molecule has 1 saturated heterocycles. The summed E-state index contributed by atoms with van der Waals surface area (Å²) in [6.45, 7) is 3.41. The van der Waals surface area contributed by atoms with E-state index in [4.69, 9.17) is 14.2 Å². The number of esters is 1. The van der Waals surface area contributed by atoms with Crippen molar-refractivity contribution < 1.29 is 28.6 Å². The fourth-order valence-electron chi connectivity index (χ4n) is 3.35. The van der Waals surface area contributed by atoms with Crippen LogP contribution in [0, 0.1) is 0 Å². The molecule has 0 aromatic heterocycles. The number of rotatable bonds is 8. The van der Waals surface area contributed by atoms with Gasteiger partial charge in [-0.3, -0.25) is 24.4 Å². The molecule has 0 spiro atoms. The summed E-state index contributed by atoms with van der Waals surface area (Å²) in [7, 11) is 0. The molecule has 0 aliphatic carbocycles. The van der Waals surface area contributed by atoms with E-state index in [9.17, 15) is 14.4 Å². The largest absolute Gasteiger partial charge is 0.466 e. The smallest absolute Gasteiger partial charge is 0.305 e. The first-order valence-corrected chi connectivity index (χ1v) is 9.73. The first-order valence-electron chi connectivity index (χ1n) is 9.73. The van der Waals surface area contributed by atoms with Crippen LogP contribution < -0.4 is 9.47 Å². The van der Waals surface area contributed by atoms with Gasteiger partial charge >= 0.3 is 5.97 Å². The molecule has 2 heterocycles. The van der Waals surface area contributed by atoms with Gasteiger partial charge in [0.2, 0.25) is 18.6 Å². The molecule has 3 rings (SSSR count). The van der Waals surface area contributed by atoms with Crippen LogP contribution in [-0.2, 0) is 25.5 Å². The number of benzene rings is 1. The summed E-state index contributed by atoms with van der Waals surface area (Å²) in [4.78, 5) is 36.6. The van der Waals surface area contributed by atoms with Gasteiger partial charge in [0.25, 0.3) is 0 Å². The summed E-state index contributed by atoms with van der Waals surface area (Å²) < 4.78 is 15.5. The average Bonchev–Trinajstić information content (AvgIpc) is 3.34. The molecular weight excluding hydrogens is 364 g/mol. The molecule has 2 aliphatic rings. The number of carbonyl (C=O) groups excluding carboxylic acids is 3. The first-order chi connectivity index (χ1) is 13.6.